The Labute approximate surface area is 118 Å². The standard InChI is InChI=1S/C13H18BN3O3/c1-9-13(2,3)20-14(19-9)10-7-16-17(8-10)11-4-5-15-12(18)6-11/h7-8,11H,1,4-6H2,2-3H3,(H,15,18)/t11-/m1/s1. The molecule has 1 aromatic rings. The minimum atomic E-state index is -0.489. The van der Waals surface area contributed by atoms with E-state index in [0.717, 1.165) is 11.9 Å². The number of carbonyl (C=O) groups excluding carboxylic acids is 1. The SMILES string of the molecule is C=C1OB(c2cnn([C@@H]3CCNC(=O)C3)c2)OC1(C)C. The fourth-order valence-electron chi connectivity index (χ4n) is 2.43. The highest BCUT2D eigenvalue weighted by atomic mass is 16.7. The van der Waals surface area contributed by atoms with Gasteiger partial charge in [-0.3, -0.25) is 9.48 Å². The fourth-order valence-corrected chi connectivity index (χ4v) is 2.43. The Hall–Kier alpha value is -1.76. The van der Waals surface area contributed by atoms with Gasteiger partial charge in [-0.15, -0.1) is 0 Å². The van der Waals surface area contributed by atoms with Gasteiger partial charge in [-0.1, -0.05) is 6.58 Å². The highest BCUT2D eigenvalue weighted by Gasteiger charge is 2.43. The van der Waals surface area contributed by atoms with Crippen molar-refractivity contribution in [2.75, 3.05) is 6.54 Å². The lowest BCUT2D eigenvalue weighted by Gasteiger charge is -2.22. The fraction of sp³-hybridized carbons (Fsp3) is 0.538. The number of nitrogens with zero attached hydrogens (tertiary/aromatic N) is 2. The Kier molecular flexibility index (Phi) is 3.09. The molecule has 0 spiro atoms. The molecule has 2 saturated heterocycles. The van der Waals surface area contributed by atoms with E-state index in [-0.39, 0.29) is 11.9 Å². The van der Waals surface area contributed by atoms with E-state index in [9.17, 15) is 4.79 Å². The van der Waals surface area contributed by atoms with Gasteiger partial charge in [0.15, 0.2) is 0 Å². The van der Waals surface area contributed by atoms with E-state index in [1.165, 1.54) is 0 Å². The first kappa shape index (κ1) is 13.2. The smallest absolute Gasteiger partial charge is 0.534 e. The molecule has 0 radical (unpaired) electrons. The maximum Gasteiger partial charge on any atom is 0.566 e. The lowest BCUT2D eigenvalue weighted by molar-refractivity contribution is -0.123. The zero-order valence-corrected chi connectivity index (χ0v) is 11.8. The van der Waals surface area contributed by atoms with Crippen LogP contribution in [0.5, 0.6) is 0 Å². The lowest BCUT2D eigenvalue weighted by Crippen LogP contribution is -2.36. The van der Waals surface area contributed by atoms with Crippen LogP contribution in [0.3, 0.4) is 0 Å². The van der Waals surface area contributed by atoms with Crippen molar-refractivity contribution in [1.82, 2.24) is 15.1 Å². The Morgan fingerprint density at radius 1 is 1.60 bits per heavy atom. The maximum atomic E-state index is 11.4. The van der Waals surface area contributed by atoms with Crippen LogP contribution in [0.4, 0.5) is 0 Å². The molecular formula is C13H18BN3O3. The Bertz CT molecular complexity index is 555. The van der Waals surface area contributed by atoms with Crippen molar-refractivity contribution >= 4 is 18.5 Å². The molecule has 3 rings (SSSR count). The third-order valence-corrected chi connectivity index (χ3v) is 3.81. The third-order valence-electron chi connectivity index (χ3n) is 3.81. The predicted molar refractivity (Wildman–Crippen MR) is 74.3 cm³/mol. The van der Waals surface area contributed by atoms with Crippen molar-refractivity contribution in [3.05, 3.63) is 24.7 Å². The molecule has 0 bridgehead atoms. The van der Waals surface area contributed by atoms with Gasteiger partial charge in [0.1, 0.15) is 5.60 Å². The second kappa shape index (κ2) is 4.66. The van der Waals surface area contributed by atoms with Crippen LogP contribution in [0.2, 0.25) is 0 Å². The van der Waals surface area contributed by atoms with Gasteiger partial charge in [0.05, 0.1) is 18.0 Å². The topological polar surface area (TPSA) is 65.4 Å². The van der Waals surface area contributed by atoms with Gasteiger partial charge >= 0.3 is 7.12 Å². The van der Waals surface area contributed by atoms with E-state index in [0.29, 0.717) is 18.7 Å². The van der Waals surface area contributed by atoms with E-state index in [1.807, 2.05) is 24.7 Å². The van der Waals surface area contributed by atoms with Gasteiger partial charge in [0, 0.05) is 24.6 Å². The van der Waals surface area contributed by atoms with Crippen molar-refractivity contribution in [3.8, 4) is 0 Å². The average molecular weight is 275 g/mol. The van der Waals surface area contributed by atoms with Crippen molar-refractivity contribution in [2.45, 2.75) is 38.3 Å². The summed E-state index contributed by atoms with van der Waals surface area (Å²) in [5, 5.41) is 7.16. The van der Waals surface area contributed by atoms with Crippen molar-refractivity contribution in [2.24, 2.45) is 0 Å². The van der Waals surface area contributed by atoms with Crippen LogP contribution in [0.1, 0.15) is 32.7 Å². The largest absolute Gasteiger partial charge is 0.566 e. The van der Waals surface area contributed by atoms with Crippen molar-refractivity contribution in [1.29, 1.82) is 0 Å². The molecule has 2 aliphatic heterocycles. The van der Waals surface area contributed by atoms with Crippen LogP contribution in [0.25, 0.3) is 0 Å². The van der Waals surface area contributed by atoms with Crippen LogP contribution in [-0.4, -0.2) is 35.0 Å². The Morgan fingerprint density at radius 2 is 2.40 bits per heavy atom. The molecule has 1 atom stereocenters. The van der Waals surface area contributed by atoms with Gasteiger partial charge in [-0.25, -0.2) is 0 Å². The van der Waals surface area contributed by atoms with Crippen LogP contribution in [0.15, 0.2) is 24.7 Å². The Morgan fingerprint density at radius 3 is 3.05 bits per heavy atom. The van der Waals surface area contributed by atoms with Crippen LogP contribution in [-0.2, 0) is 14.1 Å². The summed E-state index contributed by atoms with van der Waals surface area (Å²) in [6, 6.07) is 0.107. The second-order valence-corrected chi connectivity index (χ2v) is 5.75. The highest BCUT2D eigenvalue weighted by Crippen LogP contribution is 2.29. The van der Waals surface area contributed by atoms with E-state index in [4.69, 9.17) is 9.31 Å². The minimum Gasteiger partial charge on any atom is -0.534 e. The van der Waals surface area contributed by atoms with Gasteiger partial charge < -0.3 is 14.6 Å². The summed E-state index contributed by atoms with van der Waals surface area (Å²) < 4.78 is 13.3. The molecule has 106 valence electrons. The lowest BCUT2D eigenvalue weighted by atomic mass is 9.82. The molecule has 2 fully saturated rings. The monoisotopic (exact) mass is 275 g/mol. The molecule has 3 heterocycles. The molecule has 1 aromatic heterocycles. The molecule has 0 aromatic carbocycles. The van der Waals surface area contributed by atoms with E-state index in [1.54, 1.807) is 6.20 Å². The average Bonchev–Trinajstić information content (AvgIpc) is 2.95. The van der Waals surface area contributed by atoms with Gasteiger partial charge in [0.2, 0.25) is 5.91 Å². The van der Waals surface area contributed by atoms with Crippen molar-refractivity contribution < 1.29 is 14.1 Å². The highest BCUT2D eigenvalue weighted by molar-refractivity contribution is 6.62. The van der Waals surface area contributed by atoms with Crippen LogP contribution < -0.4 is 10.8 Å². The Balaban J connectivity index is 1.74. The number of amides is 1. The van der Waals surface area contributed by atoms with Gasteiger partial charge in [-0.2, -0.15) is 5.10 Å². The first-order valence-corrected chi connectivity index (χ1v) is 6.80. The van der Waals surface area contributed by atoms with Gasteiger partial charge in [0.25, 0.3) is 0 Å². The number of hydrogen-bond donors (Lipinski definition) is 1. The number of rotatable bonds is 2. The first-order valence-electron chi connectivity index (χ1n) is 6.80. The zero-order chi connectivity index (χ0) is 14.3. The minimum absolute atomic E-state index is 0.0705. The molecule has 0 aliphatic carbocycles. The number of aromatic nitrogens is 2. The van der Waals surface area contributed by atoms with E-state index < -0.39 is 12.7 Å². The maximum absolute atomic E-state index is 11.4. The zero-order valence-electron chi connectivity index (χ0n) is 11.8. The number of hydrogen-bond acceptors (Lipinski definition) is 4. The molecule has 1 N–H and O–H groups in total. The summed E-state index contributed by atoms with van der Waals surface area (Å²) >= 11 is 0. The molecule has 6 nitrogen and oxygen atoms in total. The summed E-state index contributed by atoms with van der Waals surface area (Å²) in [6.45, 7) is 8.40. The van der Waals surface area contributed by atoms with Crippen LogP contribution >= 0.6 is 0 Å². The molecule has 0 unspecified atom stereocenters. The quantitative estimate of drug-likeness (QED) is 0.792. The normalized spacial score (nSPS) is 25.5. The van der Waals surface area contributed by atoms with Crippen LogP contribution in [0, 0.1) is 0 Å². The second-order valence-electron chi connectivity index (χ2n) is 5.75. The molecule has 2 aliphatic rings. The molecule has 7 heteroatoms. The number of piperidine rings is 1. The number of carbonyl (C=O) groups is 1. The van der Waals surface area contributed by atoms with E-state index >= 15 is 0 Å². The van der Waals surface area contributed by atoms with Gasteiger partial charge in [-0.05, 0) is 20.3 Å². The van der Waals surface area contributed by atoms with Crippen molar-refractivity contribution in [3.63, 3.8) is 0 Å². The molecule has 20 heavy (non-hydrogen) atoms. The summed E-state index contributed by atoms with van der Waals surface area (Å²) in [5.41, 5.74) is 0.361. The summed E-state index contributed by atoms with van der Waals surface area (Å²) in [5.74, 6) is 0.688. The summed E-state index contributed by atoms with van der Waals surface area (Å²) in [4.78, 5) is 11.4. The predicted octanol–water partition coefficient (Wildman–Crippen LogP) is 0.368. The summed E-state index contributed by atoms with van der Waals surface area (Å²) in [7, 11) is -0.469. The van der Waals surface area contributed by atoms with E-state index in [2.05, 4.69) is 17.0 Å². The first-order chi connectivity index (χ1) is 9.45. The molecular weight excluding hydrogens is 257 g/mol. The molecule has 0 saturated carbocycles. The number of nitrogens with one attached hydrogen (secondary N) is 1. The summed E-state index contributed by atoms with van der Waals surface area (Å²) in [6.07, 6.45) is 4.97. The third kappa shape index (κ3) is 2.33. The molecule has 1 amide bonds.